The van der Waals surface area contributed by atoms with Crippen molar-refractivity contribution in [3.8, 4) is 5.75 Å². The van der Waals surface area contributed by atoms with Gasteiger partial charge < -0.3 is 10.5 Å². The lowest BCUT2D eigenvalue weighted by Crippen LogP contribution is -2.00. The van der Waals surface area contributed by atoms with Gasteiger partial charge in [-0.2, -0.15) is 0 Å². The molecule has 2 rings (SSSR count). The zero-order valence-electron chi connectivity index (χ0n) is 11.3. The monoisotopic (exact) mass is 273 g/mol. The summed E-state index contributed by atoms with van der Waals surface area (Å²) in [4.78, 5) is 2.27. The van der Waals surface area contributed by atoms with Gasteiger partial charge in [0.15, 0.2) is 0 Å². The highest BCUT2D eigenvalue weighted by molar-refractivity contribution is 7.99. The Labute approximate surface area is 119 Å². The molecule has 0 aliphatic rings. The Morgan fingerprint density at radius 3 is 2.53 bits per heavy atom. The van der Waals surface area contributed by atoms with Crippen molar-refractivity contribution in [1.29, 1.82) is 0 Å². The molecule has 0 radical (unpaired) electrons. The summed E-state index contributed by atoms with van der Waals surface area (Å²) in [6.07, 6.45) is 0.981. The van der Waals surface area contributed by atoms with Gasteiger partial charge in [-0.1, -0.05) is 43.0 Å². The van der Waals surface area contributed by atoms with Crippen molar-refractivity contribution < 1.29 is 4.74 Å². The van der Waals surface area contributed by atoms with Crippen molar-refractivity contribution in [2.45, 2.75) is 30.1 Å². The second-order valence-electron chi connectivity index (χ2n) is 4.38. The third-order valence-electron chi connectivity index (χ3n) is 2.80. The van der Waals surface area contributed by atoms with E-state index in [1.54, 1.807) is 11.8 Å². The standard InChI is InChI=1S/C16H19NOS/c1-3-11-18-13-8-6-10-15(16(13)17)19-14-9-5-4-7-12(14)2/h4-10H,3,11,17H2,1-2H3. The maximum Gasteiger partial charge on any atom is 0.143 e. The Morgan fingerprint density at radius 2 is 1.79 bits per heavy atom. The third kappa shape index (κ3) is 3.44. The lowest BCUT2D eigenvalue weighted by atomic mass is 10.2. The third-order valence-corrected chi connectivity index (χ3v) is 4.06. The number of ether oxygens (including phenoxy) is 1. The molecule has 2 N–H and O–H groups in total. The van der Waals surface area contributed by atoms with Gasteiger partial charge in [-0.05, 0) is 37.1 Å². The summed E-state index contributed by atoms with van der Waals surface area (Å²) < 4.78 is 5.66. The fourth-order valence-corrected chi connectivity index (χ4v) is 2.71. The van der Waals surface area contributed by atoms with Gasteiger partial charge in [-0.3, -0.25) is 0 Å². The average molecular weight is 273 g/mol. The highest BCUT2D eigenvalue weighted by Crippen LogP contribution is 2.38. The van der Waals surface area contributed by atoms with E-state index in [9.17, 15) is 0 Å². The van der Waals surface area contributed by atoms with E-state index in [0.29, 0.717) is 6.61 Å². The highest BCUT2D eigenvalue weighted by Gasteiger charge is 2.08. The van der Waals surface area contributed by atoms with Gasteiger partial charge in [0.1, 0.15) is 5.75 Å². The van der Waals surface area contributed by atoms with Crippen molar-refractivity contribution in [1.82, 2.24) is 0 Å². The summed E-state index contributed by atoms with van der Waals surface area (Å²) in [5.41, 5.74) is 8.16. The van der Waals surface area contributed by atoms with Crippen LogP contribution >= 0.6 is 11.8 Å². The molecule has 2 aromatic carbocycles. The molecule has 0 heterocycles. The second kappa shape index (κ2) is 6.53. The van der Waals surface area contributed by atoms with E-state index >= 15 is 0 Å². The predicted molar refractivity (Wildman–Crippen MR) is 81.9 cm³/mol. The number of nitrogen functional groups attached to an aromatic ring is 1. The van der Waals surface area contributed by atoms with Crippen LogP contribution in [0.1, 0.15) is 18.9 Å². The zero-order chi connectivity index (χ0) is 13.7. The molecule has 0 aromatic heterocycles. The Kier molecular flexibility index (Phi) is 4.74. The molecule has 0 unspecified atom stereocenters. The van der Waals surface area contributed by atoms with Crippen molar-refractivity contribution in [2.24, 2.45) is 0 Å². The number of aryl methyl sites for hydroxylation is 1. The fourth-order valence-electron chi connectivity index (χ4n) is 1.74. The molecule has 3 heteroatoms. The maximum atomic E-state index is 6.18. The van der Waals surface area contributed by atoms with Gasteiger partial charge in [0.25, 0.3) is 0 Å². The molecule has 2 aromatic rings. The topological polar surface area (TPSA) is 35.2 Å². The van der Waals surface area contributed by atoms with Crippen LogP contribution in [0.25, 0.3) is 0 Å². The van der Waals surface area contributed by atoms with Crippen LogP contribution in [0, 0.1) is 6.92 Å². The summed E-state index contributed by atoms with van der Waals surface area (Å²) in [5.74, 6) is 0.778. The van der Waals surface area contributed by atoms with Crippen LogP contribution in [-0.4, -0.2) is 6.61 Å². The smallest absolute Gasteiger partial charge is 0.143 e. The first-order valence-corrected chi connectivity index (χ1v) is 7.28. The number of nitrogens with two attached hydrogens (primary N) is 1. The Hall–Kier alpha value is -1.61. The summed E-state index contributed by atoms with van der Waals surface area (Å²) in [6.45, 7) is 4.89. The van der Waals surface area contributed by atoms with Crippen LogP contribution in [0.2, 0.25) is 0 Å². The van der Waals surface area contributed by atoms with E-state index in [2.05, 4.69) is 26.0 Å². The fraction of sp³-hybridized carbons (Fsp3) is 0.250. The Morgan fingerprint density at radius 1 is 1.05 bits per heavy atom. The summed E-state index contributed by atoms with van der Waals surface area (Å²) in [6, 6.07) is 14.3. The molecule has 0 aliphatic heterocycles. The second-order valence-corrected chi connectivity index (χ2v) is 5.47. The molecule has 0 amide bonds. The lowest BCUT2D eigenvalue weighted by Gasteiger charge is -2.12. The van der Waals surface area contributed by atoms with Gasteiger partial charge in [0.05, 0.1) is 12.3 Å². The van der Waals surface area contributed by atoms with E-state index < -0.39 is 0 Å². The minimum absolute atomic E-state index is 0.697. The number of hydrogen-bond acceptors (Lipinski definition) is 3. The van der Waals surface area contributed by atoms with Crippen molar-refractivity contribution in [3.63, 3.8) is 0 Å². The average Bonchev–Trinajstić information content (AvgIpc) is 2.42. The number of benzene rings is 2. The highest BCUT2D eigenvalue weighted by atomic mass is 32.2. The predicted octanol–water partition coefficient (Wildman–Crippen LogP) is 4.52. The molecule has 100 valence electrons. The molecule has 0 fully saturated rings. The largest absolute Gasteiger partial charge is 0.491 e. The number of anilines is 1. The van der Waals surface area contributed by atoms with E-state index in [1.165, 1.54) is 10.5 Å². The number of rotatable bonds is 5. The summed E-state index contributed by atoms with van der Waals surface area (Å²) >= 11 is 1.68. The van der Waals surface area contributed by atoms with E-state index in [0.717, 1.165) is 22.8 Å². The van der Waals surface area contributed by atoms with Crippen LogP contribution in [0.5, 0.6) is 5.75 Å². The molecular formula is C16H19NOS. The van der Waals surface area contributed by atoms with Gasteiger partial charge in [0, 0.05) is 9.79 Å². The van der Waals surface area contributed by atoms with Crippen LogP contribution in [0.3, 0.4) is 0 Å². The normalized spacial score (nSPS) is 10.4. The van der Waals surface area contributed by atoms with Gasteiger partial charge in [-0.25, -0.2) is 0 Å². The van der Waals surface area contributed by atoms with Gasteiger partial charge in [-0.15, -0.1) is 0 Å². The summed E-state index contributed by atoms with van der Waals surface area (Å²) in [7, 11) is 0. The Bertz CT molecular complexity index is 554. The molecule has 2 nitrogen and oxygen atoms in total. The van der Waals surface area contributed by atoms with Crippen molar-refractivity contribution in [2.75, 3.05) is 12.3 Å². The molecule has 0 saturated heterocycles. The van der Waals surface area contributed by atoms with Crippen LogP contribution in [0.15, 0.2) is 52.3 Å². The number of para-hydroxylation sites is 1. The van der Waals surface area contributed by atoms with Gasteiger partial charge in [0.2, 0.25) is 0 Å². The first kappa shape index (κ1) is 13.8. The zero-order valence-corrected chi connectivity index (χ0v) is 12.2. The van der Waals surface area contributed by atoms with Gasteiger partial charge >= 0.3 is 0 Å². The van der Waals surface area contributed by atoms with Crippen LogP contribution in [0.4, 0.5) is 5.69 Å². The minimum atomic E-state index is 0.697. The molecule has 0 spiro atoms. The molecule has 0 atom stereocenters. The summed E-state index contributed by atoms with van der Waals surface area (Å²) in [5, 5.41) is 0. The van der Waals surface area contributed by atoms with Crippen molar-refractivity contribution >= 4 is 17.4 Å². The molecule has 19 heavy (non-hydrogen) atoms. The van der Waals surface area contributed by atoms with E-state index in [-0.39, 0.29) is 0 Å². The van der Waals surface area contributed by atoms with Crippen molar-refractivity contribution in [3.05, 3.63) is 48.0 Å². The van der Waals surface area contributed by atoms with E-state index in [1.807, 2.05) is 30.3 Å². The SMILES string of the molecule is CCCOc1cccc(Sc2ccccc2C)c1N. The first-order valence-electron chi connectivity index (χ1n) is 6.47. The number of hydrogen-bond donors (Lipinski definition) is 1. The lowest BCUT2D eigenvalue weighted by molar-refractivity contribution is 0.318. The molecule has 0 aliphatic carbocycles. The Balaban J connectivity index is 2.23. The maximum absolute atomic E-state index is 6.18. The quantitative estimate of drug-likeness (QED) is 0.814. The molecule has 0 bridgehead atoms. The van der Waals surface area contributed by atoms with Crippen LogP contribution < -0.4 is 10.5 Å². The minimum Gasteiger partial charge on any atom is -0.491 e. The van der Waals surface area contributed by atoms with Crippen LogP contribution in [-0.2, 0) is 0 Å². The molecular weight excluding hydrogens is 254 g/mol. The first-order chi connectivity index (χ1) is 9.22. The molecule has 0 saturated carbocycles. The van der Waals surface area contributed by atoms with E-state index in [4.69, 9.17) is 10.5 Å².